The molecule has 1 aliphatic heterocycles. The SMILES string of the molecule is C/C=C\c1cccc(N(C(=O)[C@H]2CCCN2)c2cccc3ccccc23)c1C. The van der Waals surface area contributed by atoms with Crippen LogP contribution in [0.3, 0.4) is 0 Å². The fourth-order valence-electron chi connectivity index (χ4n) is 4.06. The molecular formula is C25H26N2O. The molecule has 0 spiro atoms. The van der Waals surface area contributed by atoms with Gasteiger partial charge in [-0.05, 0) is 61.9 Å². The third kappa shape index (κ3) is 3.34. The lowest BCUT2D eigenvalue weighted by molar-refractivity contribution is -0.119. The van der Waals surface area contributed by atoms with Crippen LogP contribution >= 0.6 is 0 Å². The Morgan fingerprint density at radius 1 is 1.04 bits per heavy atom. The van der Waals surface area contributed by atoms with E-state index in [1.54, 1.807) is 0 Å². The fraction of sp³-hybridized carbons (Fsp3) is 0.240. The summed E-state index contributed by atoms with van der Waals surface area (Å²) in [5, 5.41) is 5.61. The number of benzene rings is 3. The number of hydrogen-bond donors (Lipinski definition) is 1. The van der Waals surface area contributed by atoms with E-state index in [0.29, 0.717) is 0 Å². The van der Waals surface area contributed by atoms with Gasteiger partial charge >= 0.3 is 0 Å². The van der Waals surface area contributed by atoms with Gasteiger partial charge in [0, 0.05) is 5.39 Å². The first-order valence-corrected chi connectivity index (χ1v) is 9.98. The predicted molar refractivity (Wildman–Crippen MR) is 118 cm³/mol. The van der Waals surface area contributed by atoms with Crippen LogP contribution in [0.1, 0.15) is 30.9 Å². The molecule has 0 bridgehead atoms. The quantitative estimate of drug-likeness (QED) is 0.648. The van der Waals surface area contributed by atoms with Crippen LogP contribution in [0.15, 0.2) is 66.7 Å². The number of amides is 1. The van der Waals surface area contributed by atoms with E-state index in [-0.39, 0.29) is 11.9 Å². The van der Waals surface area contributed by atoms with Gasteiger partial charge in [-0.15, -0.1) is 0 Å². The zero-order chi connectivity index (χ0) is 19.5. The highest BCUT2D eigenvalue weighted by Crippen LogP contribution is 2.36. The van der Waals surface area contributed by atoms with Gasteiger partial charge < -0.3 is 5.32 Å². The Labute approximate surface area is 166 Å². The van der Waals surface area contributed by atoms with Crippen molar-refractivity contribution in [2.24, 2.45) is 0 Å². The monoisotopic (exact) mass is 370 g/mol. The van der Waals surface area contributed by atoms with E-state index in [0.717, 1.165) is 52.7 Å². The van der Waals surface area contributed by atoms with E-state index in [2.05, 4.69) is 54.7 Å². The summed E-state index contributed by atoms with van der Waals surface area (Å²) >= 11 is 0. The van der Waals surface area contributed by atoms with Crippen LogP contribution in [0.25, 0.3) is 16.8 Å². The highest BCUT2D eigenvalue weighted by molar-refractivity contribution is 6.10. The Hall–Kier alpha value is -2.91. The van der Waals surface area contributed by atoms with Crippen molar-refractivity contribution in [3.63, 3.8) is 0 Å². The molecular weight excluding hydrogens is 344 g/mol. The van der Waals surface area contributed by atoms with Crippen molar-refractivity contribution in [3.8, 4) is 0 Å². The van der Waals surface area contributed by atoms with Crippen molar-refractivity contribution in [2.45, 2.75) is 32.7 Å². The first-order chi connectivity index (χ1) is 13.7. The van der Waals surface area contributed by atoms with E-state index in [9.17, 15) is 4.79 Å². The van der Waals surface area contributed by atoms with E-state index in [1.165, 1.54) is 0 Å². The molecule has 0 unspecified atom stereocenters. The summed E-state index contributed by atoms with van der Waals surface area (Å²) in [6.07, 6.45) is 6.05. The van der Waals surface area contributed by atoms with Gasteiger partial charge in [0.05, 0.1) is 17.4 Å². The Kier molecular flexibility index (Phi) is 5.27. The molecule has 0 aromatic heterocycles. The maximum Gasteiger partial charge on any atom is 0.248 e. The molecule has 1 amide bonds. The maximum atomic E-state index is 13.7. The van der Waals surface area contributed by atoms with E-state index >= 15 is 0 Å². The molecule has 1 heterocycles. The molecule has 0 aliphatic carbocycles. The highest BCUT2D eigenvalue weighted by atomic mass is 16.2. The number of hydrogen-bond acceptors (Lipinski definition) is 2. The number of carbonyl (C=O) groups excluding carboxylic acids is 1. The number of nitrogens with one attached hydrogen (secondary N) is 1. The van der Waals surface area contributed by atoms with Crippen molar-refractivity contribution >= 4 is 34.1 Å². The van der Waals surface area contributed by atoms with Gasteiger partial charge in [-0.1, -0.05) is 60.7 Å². The Morgan fingerprint density at radius 2 is 1.79 bits per heavy atom. The number of carbonyl (C=O) groups is 1. The summed E-state index contributed by atoms with van der Waals surface area (Å²) in [4.78, 5) is 15.6. The number of anilines is 2. The molecule has 4 rings (SSSR count). The lowest BCUT2D eigenvalue weighted by atomic mass is 10.0. The maximum absolute atomic E-state index is 13.7. The van der Waals surface area contributed by atoms with Crippen LogP contribution in [0.5, 0.6) is 0 Å². The van der Waals surface area contributed by atoms with Crippen molar-refractivity contribution in [1.29, 1.82) is 0 Å². The van der Waals surface area contributed by atoms with Crippen LogP contribution < -0.4 is 10.2 Å². The summed E-state index contributed by atoms with van der Waals surface area (Å²) in [5.41, 5.74) is 4.14. The molecule has 142 valence electrons. The van der Waals surface area contributed by atoms with Crippen molar-refractivity contribution in [3.05, 3.63) is 77.9 Å². The second-order valence-corrected chi connectivity index (χ2v) is 7.31. The minimum atomic E-state index is -0.135. The zero-order valence-electron chi connectivity index (χ0n) is 16.5. The van der Waals surface area contributed by atoms with Gasteiger partial charge in [0.15, 0.2) is 0 Å². The molecule has 28 heavy (non-hydrogen) atoms. The van der Waals surface area contributed by atoms with Gasteiger partial charge in [0.25, 0.3) is 0 Å². The Balaban J connectivity index is 1.93. The third-order valence-electron chi connectivity index (χ3n) is 5.52. The largest absolute Gasteiger partial charge is 0.306 e. The summed E-state index contributed by atoms with van der Waals surface area (Å²) in [6, 6.07) is 20.5. The lowest BCUT2D eigenvalue weighted by Gasteiger charge is -2.29. The Morgan fingerprint density at radius 3 is 2.57 bits per heavy atom. The summed E-state index contributed by atoms with van der Waals surface area (Å²) in [7, 11) is 0. The third-order valence-corrected chi connectivity index (χ3v) is 5.52. The fourth-order valence-corrected chi connectivity index (χ4v) is 4.06. The van der Waals surface area contributed by atoms with E-state index in [1.807, 2.05) is 42.2 Å². The van der Waals surface area contributed by atoms with Crippen LogP contribution in [0, 0.1) is 6.92 Å². The molecule has 3 aromatic carbocycles. The topological polar surface area (TPSA) is 32.3 Å². The second-order valence-electron chi connectivity index (χ2n) is 7.31. The normalized spacial score (nSPS) is 16.7. The number of rotatable bonds is 4. The molecule has 3 aromatic rings. The van der Waals surface area contributed by atoms with Crippen molar-refractivity contribution in [2.75, 3.05) is 11.4 Å². The van der Waals surface area contributed by atoms with Crippen LogP contribution in [-0.2, 0) is 4.79 Å². The predicted octanol–water partition coefficient (Wildman–Crippen LogP) is 5.60. The summed E-state index contributed by atoms with van der Waals surface area (Å²) in [6.45, 7) is 5.01. The molecule has 1 atom stereocenters. The molecule has 1 saturated heterocycles. The van der Waals surface area contributed by atoms with E-state index in [4.69, 9.17) is 0 Å². The highest BCUT2D eigenvalue weighted by Gasteiger charge is 2.30. The first-order valence-electron chi connectivity index (χ1n) is 9.98. The van der Waals surface area contributed by atoms with E-state index < -0.39 is 0 Å². The lowest BCUT2D eigenvalue weighted by Crippen LogP contribution is -2.41. The van der Waals surface area contributed by atoms with Gasteiger partial charge in [0.2, 0.25) is 5.91 Å². The average molecular weight is 370 g/mol. The molecule has 0 radical (unpaired) electrons. The first kappa shape index (κ1) is 18.5. The van der Waals surface area contributed by atoms with Crippen LogP contribution in [0.2, 0.25) is 0 Å². The Bertz CT molecular complexity index is 1030. The molecule has 1 fully saturated rings. The van der Waals surface area contributed by atoms with Gasteiger partial charge in [-0.2, -0.15) is 0 Å². The minimum absolute atomic E-state index is 0.120. The number of fused-ring (bicyclic) bond motifs is 1. The number of nitrogens with zero attached hydrogens (tertiary/aromatic N) is 1. The zero-order valence-corrected chi connectivity index (χ0v) is 16.5. The smallest absolute Gasteiger partial charge is 0.248 e. The van der Waals surface area contributed by atoms with Crippen LogP contribution in [-0.4, -0.2) is 18.5 Å². The van der Waals surface area contributed by atoms with Gasteiger partial charge in [0.1, 0.15) is 0 Å². The molecule has 3 heteroatoms. The minimum Gasteiger partial charge on any atom is -0.306 e. The van der Waals surface area contributed by atoms with Crippen molar-refractivity contribution < 1.29 is 4.79 Å². The molecule has 0 saturated carbocycles. The van der Waals surface area contributed by atoms with Crippen molar-refractivity contribution in [1.82, 2.24) is 5.32 Å². The average Bonchev–Trinajstić information content (AvgIpc) is 3.26. The molecule has 3 nitrogen and oxygen atoms in total. The second kappa shape index (κ2) is 7.99. The van der Waals surface area contributed by atoms with Crippen LogP contribution in [0.4, 0.5) is 11.4 Å². The van der Waals surface area contributed by atoms with Gasteiger partial charge in [-0.25, -0.2) is 0 Å². The molecule has 1 N–H and O–H groups in total. The standard InChI is InChI=1S/C25H26N2O/c1-3-9-19-11-6-15-23(18(19)2)27(25(28)22-14-8-17-26-22)24-16-7-12-20-10-4-5-13-21(20)24/h3-7,9-13,15-16,22,26H,8,14,17H2,1-2H3/b9-3-/t22-/m1/s1. The molecule has 1 aliphatic rings. The number of allylic oxidation sites excluding steroid dienone is 1. The summed E-state index contributed by atoms with van der Waals surface area (Å²) in [5.74, 6) is 0.120. The summed E-state index contributed by atoms with van der Waals surface area (Å²) < 4.78 is 0. The van der Waals surface area contributed by atoms with Gasteiger partial charge in [-0.3, -0.25) is 9.69 Å².